The molecule has 1 N–H and O–H groups in total. The zero-order valence-corrected chi connectivity index (χ0v) is 21.5. The van der Waals surface area contributed by atoms with Gasteiger partial charge in [0.25, 0.3) is 0 Å². The molecule has 38 heavy (non-hydrogen) atoms. The number of benzene rings is 2. The Morgan fingerprint density at radius 1 is 1.16 bits per heavy atom. The van der Waals surface area contributed by atoms with E-state index in [1.54, 1.807) is 13.1 Å². The van der Waals surface area contributed by atoms with Gasteiger partial charge in [-0.3, -0.25) is 19.8 Å². The molecular weight excluding hydrogens is 548 g/mol. The molecule has 200 valence electrons. The third-order valence-electron chi connectivity index (χ3n) is 6.55. The minimum absolute atomic E-state index is 0.0650. The van der Waals surface area contributed by atoms with Crippen molar-refractivity contribution in [3.63, 3.8) is 0 Å². The van der Waals surface area contributed by atoms with Crippen molar-refractivity contribution in [3.05, 3.63) is 69.0 Å². The Morgan fingerprint density at radius 2 is 1.89 bits per heavy atom. The fourth-order valence-electron chi connectivity index (χ4n) is 4.71. The largest absolute Gasteiger partial charge is 0.573 e. The topological polar surface area (TPSA) is 85.7 Å². The van der Waals surface area contributed by atoms with E-state index < -0.39 is 12.1 Å². The number of ether oxygens (including phenoxy) is 2. The molecule has 1 aromatic heterocycles. The van der Waals surface area contributed by atoms with Gasteiger partial charge in [0.1, 0.15) is 23.8 Å². The maximum Gasteiger partial charge on any atom is 0.573 e. The molecule has 2 amide bonds. The van der Waals surface area contributed by atoms with Gasteiger partial charge >= 0.3 is 6.36 Å². The first-order valence-corrected chi connectivity index (χ1v) is 12.4. The standard InChI is InChI=1S/C25H21Cl2F3N4O4/c1-13-15(9-31-34(13)23-18(26)7-16(8-19(23)27)38-25(28,29)30)12-37-21-4-2-3-14-10-33(11-17(14)21)20-5-6-22(35)32-24(20)36/h2-4,7-9,20H,5-6,10-12H2,1H3,(H,32,35,36). The minimum Gasteiger partial charge on any atom is -0.488 e. The van der Waals surface area contributed by atoms with Crippen molar-refractivity contribution in [2.24, 2.45) is 0 Å². The maximum atomic E-state index is 12.6. The summed E-state index contributed by atoms with van der Waals surface area (Å²) in [7, 11) is 0. The quantitative estimate of drug-likeness (QED) is 0.417. The number of alkyl halides is 3. The molecule has 0 saturated carbocycles. The summed E-state index contributed by atoms with van der Waals surface area (Å²) >= 11 is 12.5. The molecule has 1 atom stereocenters. The fraction of sp³-hybridized carbons (Fsp3) is 0.320. The first-order chi connectivity index (χ1) is 18.0. The molecule has 0 bridgehead atoms. The van der Waals surface area contributed by atoms with Gasteiger partial charge in [-0.15, -0.1) is 13.2 Å². The Hall–Kier alpha value is -3.28. The van der Waals surface area contributed by atoms with Crippen molar-refractivity contribution in [3.8, 4) is 17.2 Å². The van der Waals surface area contributed by atoms with Crippen molar-refractivity contribution in [2.75, 3.05) is 0 Å². The van der Waals surface area contributed by atoms with Gasteiger partial charge in [-0.05, 0) is 25.0 Å². The lowest BCUT2D eigenvalue weighted by Crippen LogP contribution is -2.50. The molecule has 2 aromatic carbocycles. The van der Waals surface area contributed by atoms with E-state index >= 15 is 0 Å². The summed E-state index contributed by atoms with van der Waals surface area (Å²) in [6.07, 6.45) is -2.53. The summed E-state index contributed by atoms with van der Waals surface area (Å²) in [6, 6.07) is 7.37. The normalized spacial score (nSPS) is 17.9. The highest BCUT2D eigenvalue weighted by Crippen LogP contribution is 2.37. The predicted molar refractivity (Wildman–Crippen MR) is 131 cm³/mol. The monoisotopic (exact) mass is 568 g/mol. The van der Waals surface area contributed by atoms with E-state index in [-0.39, 0.29) is 40.2 Å². The van der Waals surface area contributed by atoms with Crippen LogP contribution in [-0.4, -0.2) is 38.9 Å². The van der Waals surface area contributed by atoms with Crippen LogP contribution in [0.15, 0.2) is 36.5 Å². The summed E-state index contributed by atoms with van der Waals surface area (Å²) in [5.74, 6) is -0.408. The number of imide groups is 1. The zero-order valence-electron chi connectivity index (χ0n) is 19.9. The zero-order chi connectivity index (χ0) is 27.2. The molecule has 2 aliphatic rings. The van der Waals surface area contributed by atoms with E-state index in [0.29, 0.717) is 42.9 Å². The Labute approximate surface area is 225 Å². The lowest BCUT2D eigenvalue weighted by Gasteiger charge is -2.29. The summed E-state index contributed by atoms with van der Waals surface area (Å²) in [5.41, 5.74) is 3.57. The van der Waals surface area contributed by atoms with Crippen LogP contribution >= 0.6 is 23.2 Å². The second-order valence-corrected chi connectivity index (χ2v) is 9.82. The molecule has 3 aromatic rings. The van der Waals surface area contributed by atoms with Gasteiger partial charge < -0.3 is 9.47 Å². The van der Waals surface area contributed by atoms with Gasteiger partial charge in [0.15, 0.2) is 0 Å². The lowest BCUT2D eigenvalue weighted by atomic mass is 10.0. The van der Waals surface area contributed by atoms with Crippen LogP contribution in [0.4, 0.5) is 13.2 Å². The number of carbonyl (C=O) groups excluding carboxylic acids is 2. The van der Waals surface area contributed by atoms with Crippen molar-refractivity contribution >= 4 is 35.0 Å². The van der Waals surface area contributed by atoms with E-state index in [0.717, 1.165) is 23.3 Å². The molecule has 2 aliphatic heterocycles. The van der Waals surface area contributed by atoms with Crippen LogP contribution in [0.1, 0.15) is 35.2 Å². The second-order valence-electron chi connectivity index (χ2n) is 9.00. The van der Waals surface area contributed by atoms with Gasteiger partial charge in [0, 0.05) is 48.5 Å². The van der Waals surface area contributed by atoms with Crippen molar-refractivity contribution in [1.82, 2.24) is 20.0 Å². The number of piperidine rings is 1. The van der Waals surface area contributed by atoms with E-state index in [2.05, 4.69) is 15.2 Å². The number of carbonyl (C=O) groups is 2. The molecule has 0 radical (unpaired) electrons. The van der Waals surface area contributed by atoms with Crippen LogP contribution in [0, 0.1) is 6.92 Å². The Balaban J connectivity index is 1.31. The molecular formula is C25H21Cl2F3N4O4. The number of hydrogen-bond acceptors (Lipinski definition) is 6. The fourth-order valence-corrected chi connectivity index (χ4v) is 5.33. The van der Waals surface area contributed by atoms with E-state index in [9.17, 15) is 22.8 Å². The number of hydrogen-bond donors (Lipinski definition) is 1. The van der Waals surface area contributed by atoms with Crippen LogP contribution in [-0.2, 0) is 29.3 Å². The minimum atomic E-state index is -4.88. The molecule has 3 heterocycles. The molecule has 1 unspecified atom stereocenters. The highest BCUT2D eigenvalue weighted by Gasteiger charge is 2.36. The average molecular weight is 569 g/mol. The third kappa shape index (κ3) is 5.31. The summed E-state index contributed by atoms with van der Waals surface area (Å²) in [4.78, 5) is 25.9. The van der Waals surface area contributed by atoms with Crippen molar-refractivity contribution < 1.29 is 32.2 Å². The summed E-state index contributed by atoms with van der Waals surface area (Å²) < 4.78 is 49.2. The smallest absolute Gasteiger partial charge is 0.488 e. The molecule has 1 saturated heterocycles. The number of nitrogens with zero attached hydrogens (tertiary/aromatic N) is 3. The Bertz CT molecular complexity index is 1400. The SMILES string of the molecule is Cc1c(COc2cccc3c2CN(C2CCC(=O)NC2=O)C3)cnn1-c1c(Cl)cc(OC(F)(F)F)cc1Cl. The van der Waals surface area contributed by atoms with Crippen LogP contribution in [0.25, 0.3) is 5.69 Å². The maximum absolute atomic E-state index is 12.6. The van der Waals surface area contributed by atoms with Gasteiger partial charge in [0.2, 0.25) is 11.8 Å². The van der Waals surface area contributed by atoms with Gasteiger partial charge in [0.05, 0.1) is 22.3 Å². The predicted octanol–water partition coefficient (Wildman–Crippen LogP) is 5.09. The number of rotatable bonds is 6. The molecule has 8 nitrogen and oxygen atoms in total. The Kier molecular flexibility index (Phi) is 7.01. The van der Waals surface area contributed by atoms with Crippen molar-refractivity contribution in [2.45, 2.75) is 51.9 Å². The molecule has 0 aliphatic carbocycles. The van der Waals surface area contributed by atoms with E-state index in [1.807, 2.05) is 23.1 Å². The molecule has 0 spiro atoms. The van der Waals surface area contributed by atoms with E-state index in [1.165, 1.54) is 4.68 Å². The van der Waals surface area contributed by atoms with Gasteiger partial charge in [-0.1, -0.05) is 35.3 Å². The highest BCUT2D eigenvalue weighted by molar-refractivity contribution is 6.38. The average Bonchev–Trinajstić information content (AvgIpc) is 3.40. The number of fused-ring (bicyclic) bond motifs is 1. The summed E-state index contributed by atoms with van der Waals surface area (Å²) in [5, 5.41) is 6.58. The van der Waals surface area contributed by atoms with Crippen LogP contribution < -0.4 is 14.8 Å². The molecule has 5 rings (SSSR count). The van der Waals surface area contributed by atoms with Gasteiger partial charge in [-0.2, -0.15) is 5.10 Å². The highest BCUT2D eigenvalue weighted by atomic mass is 35.5. The number of amides is 2. The number of nitrogens with one attached hydrogen (secondary N) is 1. The first kappa shape index (κ1) is 26.3. The number of halogens is 5. The molecule has 1 fully saturated rings. The van der Waals surface area contributed by atoms with E-state index in [4.69, 9.17) is 27.9 Å². The molecule has 13 heteroatoms. The van der Waals surface area contributed by atoms with Crippen LogP contribution in [0.3, 0.4) is 0 Å². The number of aromatic nitrogens is 2. The summed E-state index contributed by atoms with van der Waals surface area (Å²) in [6.45, 7) is 3.00. The van der Waals surface area contributed by atoms with Crippen molar-refractivity contribution in [1.29, 1.82) is 0 Å². The first-order valence-electron chi connectivity index (χ1n) is 11.6. The third-order valence-corrected chi connectivity index (χ3v) is 7.12. The Morgan fingerprint density at radius 3 is 2.58 bits per heavy atom. The second kappa shape index (κ2) is 10.1. The van der Waals surface area contributed by atoms with Gasteiger partial charge in [-0.25, -0.2) is 4.68 Å². The van der Waals surface area contributed by atoms with Crippen LogP contribution in [0.2, 0.25) is 10.0 Å². The lowest BCUT2D eigenvalue weighted by molar-refractivity contribution is -0.274. The van der Waals surface area contributed by atoms with Crippen LogP contribution in [0.5, 0.6) is 11.5 Å².